The number of aliphatic imine (C=N–C) groups is 4. The standard InChI is InChI=1S/C28H26ClN5OS.C28H37N7OS.C23H21ClN8OS.CH4/c1-16-5-7-20(8-6-16)14-30-15-23(35)13-24-27-33-32-19(4)34(27)28-25(17(2)18(3)36-28)26(31-24)21-9-11-22(29)12-10-21;1-18-7-9-22(10-8-18)26-25-19(2)20(3)37-28(25)35-21(4)31-32-27(35)23(30-26)17-24(36)29-11-6-12-34-15-13-33(5)14-16-34;1-12-13(2)34-23-20(12)21(15-4-6-16(24)7-5-15)28-17(22-31-29-14(3)32(22)23)10-19(33)30-27-11-18-25-8-9-26-18;/h5-12,14,24H,13,15H2,1-4H3;7-10,23H,6,11-17H2,1-5H3,(H,29,36);4-9,11,17H,10H2,1-3H3,(H,25,26)(H,30,33);1H4/b;;27-11+;/t24-;23-;17-;/m000./s1. The van der Waals surface area contributed by atoms with Gasteiger partial charge in [-0.05, 0) is 143 Å². The maximum Gasteiger partial charge on any atom is 0.242 e. The Morgan fingerprint density at radius 3 is 1.39 bits per heavy atom. The normalized spacial score (nSPS) is 15.9. The molecule has 1 fully saturated rings. The van der Waals surface area contributed by atoms with E-state index in [2.05, 4.69) is 160 Å². The van der Waals surface area contributed by atoms with Gasteiger partial charge in [-0.25, -0.2) is 10.4 Å². The van der Waals surface area contributed by atoms with E-state index >= 15 is 0 Å². The summed E-state index contributed by atoms with van der Waals surface area (Å²) in [4.78, 5) is 74.2. The van der Waals surface area contributed by atoms with Crippen LogP contribution in [-0.2, 0) is 14.4 Å². The SMILES string of the molecule is C.Cc1ccc(C2=N[C@@H](CC(=O)NCCCN3CCN(C)CC3)c3nnc(C)n3-c3sc(C)c(C)c32)cc1.Cc1ccc(C=NCC(=O)C[C@@H]2N=C(c3ccc(Cl)cc3)c3c(sc(C)c3C)-n3c(C)nnc32)cc1.Cc1sc2c(c1C)C(c1ccc(Cl)cc1)=N[C@@H](CC(=O)N/N=C/c1ncc[nH]1)c1nnc(C)n1-2. The van der Waals surface area contributed by atoms with Gasteiger partial charge in [-0.1, -0.05) is 115 Å². The number of H-pyrrole nitrogens is 1. The van der Waals surface area contributed by atoms with Gasteiger partial charge in [0.2, 0.25) is 11.8 Å². The Morgan fingerprint density at radius 1 is 0.537 bits per heavy atom. The number of aromatic amines is 1. The lowest BCUT2D eigenvalue weighted by Gasteiger charge is -2.32. The average molecular weight is 1540 g/mol. The highest BCUT2D eigenvalue weighted by molar-refractivity contribution is 7.15. The zero-order chi connectivity index (χ0) is 75.3. The largest absolute Gasteiger partial charge is 0.356 e. The van der Waals surface area contributed by atoms with Crippen LogP contribution in [0.4, 0.5) is 0 Å². The number of hydrazone groups is 1. The molecule has 0 unspecified atom stereocenters. The number of benzene rings is 4. The summed E-state index contributed by atoms with van der Waals surface area (Å²) in [6.07, 6.45) is 7.91. The number of amides is 2. The van der Waals surface area contributed by atoms with Crippen LogP contribution in [-0.4, -0.2) is 164 Å². The lowest BCUT2D eigenvalue weighted by atomic mass is 9.99. The zero-order valence-corrected chi connectivity index (χ0v) is 65.8. The number of likely N-dealkylation sites (N-methyl/N-ethyl adjacent to an activating group) is 1. The highest BCUT2D eigenvalue weighted by atomic mass is 35.5. The second kappa shape index (κ2) is 34.1. The molecule has 11 heterocycles. The molecule has 0 spiro atoms. The number of hydrogen-bond donors (Lipinski definition) is 3. The lowest BCUT2D eigenvalue weighted by molar-refractivity contribution is -0.122. The van der Waals surface area contributed by atoms with Gasteiger partial charge in [0.1, 0.15) is 56.4 Å². The van der Waals surface area contributed by atoms with Gasteiger partial charge in [0.15, 0.2) is 23.3 Å². The van der Waals surface area contributed by atoms with Gasteiger partial charge in [-0.3, -0.25) is 48.1 Å². The molecule has 0 aliphatic carbocycles. The van der Waals surface area contributed by atoms with Crippen LogP contribution in [0.25, 0.3) is 15.0 Å². The van der Waals surface area contributed by atoms with Crippen LogP contribution >= 0.6 is 57.2 Å². The van der Waals surface area contributed by atoms with E-state index < -0.39 is 18.1 Å². The van der Waals surface area contributed by atoms with E-state index in [0.717, 1.165) is 145 Å². The van der Waals surface area contributed by atoms with Crippen LogP contribution in [0.15, 0.2) is 135 Å². The molecule has 11 aromatic rings. The smallest absolute Gasteiger partial charge is 0.242 e. The second-order valence-electron chi connectivity index (χ2n) is 27.2. The molecule has 4 aromatic carbocycles. The van der Waals surface area contributed by atoms with Crippen molar-refractivity contribution in [3.63, 3.8) is 0 Å². The van der Waals surface area contributed by atoms with Crippen molar-refractivity contribution in [1.82, 2.24) is 74.8 Å². The summed E-state index contributed by atoms with van der Waals surface area (Å²) in [5, 5.41) is 38.0. The van der Waals surface area contributed by atoms with Crippen molar-refractivity contribution < 1.29 is 14.4 Å². The van der Waals surface area contributed by atoms with Crippen LogP contribution in [0, 0.1) is 76.2 Å². The van der Waals surface area contributed by atoms with Gasteiger partial charge < -0.3 is 20.1 Å². The third kappa shape index (κ3) is 17.1. The topological polar surface area (TPSA) is 264 Å². The number of hydrogen-bond acceptors (Lipinski definition) is 20. The minimum absolute atomic E-state index is 0. The molecule has 2 amide bonds. The average Bonchev–Trinajstić information content (AvgIpc) is 1.60. The number of imidazole rings is 1. The Labute approximate surface area is 651 Å². The van der Waals surface area contributed by atoms with Crippen molar-refractivity contribution in [2.45, 2.75) is 127 Å². The van der Waals surface area contributed by atoms with Crippen molar-refractivity contribution in [3.05, 3.63) is 242 Å². The number of aromatic nitrogens is 11. The van der Waals surface area contributed by atoms with Crippen molar-refractivity contribution in [1.29, 1.82) is 0 Å². The van der Waals surface area contributed by atoms with Crippen molar-refractivity contribution >= 4 is 104 Å². The highest BCUT2D eigenvalue weighted by Crippen LogP contribution is 2.43. The summed E-state index contributed by atoms with van der Waals surface area (Å²) < 4.78 is 6.17. The maximum atomic E-state index is 13.1. The number of nitrogens with zero attached hydrogens (tertiary/aromatic N) is 17. The third-order valence-corrected chi connectivity index (χ3v) is 23.6. The molecule has 7 aromatic heterocycles. The first kappa shape index (κ1) is 77.7. The summed E-state index contributed by atoms with van der Waals surface area (Å²) in [6.45, 7) is 28.8. The van der Waals surface area contributed by atoms with Crippen molar-refractivity contribution in [2.75, 3.05) is 52.9 Å². The van der Waals surface area contributed by atoms with Gasteiger partial charge in [0.25, 0.3) is 0 Å². The third-order valence-electron chi connectivity index (χ3n) is 19.5. The summed E-state index contributed by atoms with van der Waals surface area (Å²) >= 11 is 17.4. The van der Waals surface area contributed by atoms with Gasteiger partial charge in [0, 0.05) is 116 Å². The predicted molar refractivity (Wildman–Crippen MR) is 435 cm³/mol. The molecule has 0 saturated carbocycles. The van der Waals surface area contributed by atoms with Crippen LogP contribution < -0.4 is 10.7 Å². The number of nitrogens with one attached hydrogen (secondary N) is 3. The van der Waals surface area contributed by atoms with E-state index in [1.54, 1.807) is 52.6 Å². The Kier molecular flexibility index (Phi) is 24.5. The quantitative estimate of drug-likeness (QED) is 0.0411. The van der Waals surface area contributed by atoms with Gasteiger partial charge >= 0.3 is 0 Å². The molecule has 558 valence electrons. The van der Waals surface area contributed by atoms with E-state index in [1.807, 2.05) is 105 Å². The number of rotatable bonds is 18. The summed E-state index contributed by atoms with van der Waals surface area (Å²) in [5.41, 5.74) is 18.1. The van der Waals surface area contributed by atoms with Crippen LogP contribution in [0.2, 0.25) is 10.0 Å². The molecular formula is C80H88Cl2N20O3S3. The zero-order valence-electron chi connectivity index (χ0n) is 61.9. The number of carbonyl (C=O) groups is 3. The van der Waals surface area contributed by atoms with Gasteiger partial charge in [-0.15, -0.1) is 64.6 Å². The Bertz CT molecular complexity index is 5240. The number of aryl methyl sites for hydroxylation is 8. The van der Waals surface area contributed by atoms with E-state index in [-0.39, 0.29) is 50.8 Å². The first-order chi connectivity index (χ1) is 51.5. The molecule has 0 radical (unpaired) electrons. The molecule has 28 heteroatoms. The minimum atomic E-state index is -0.551. The highest BCUT2D eigenvalue weighted by Gasteiger charge is 2.36. The van der Waals surface area contributed by atoms with E-state index in [4.69, 9.17) is 38.2 Å². The number of carbonyl (C=O) groups excluding carboxylic acids is 3. The molecular weight excluding hydrogens is 1460 g/mol. The van der Waals surface area contributed by atoms with Crippen molar-refractivity contribution in [3.8, 4) is 15.0 Å². The van der Waals surface area contributed by atoms with Crippen LogP contribution in [0.3, 0.4) is 0 Å². The fourth-order valence-electron chi connectivity index (χ4n) is 13.3. The van der Waals surface area contributed by atoms with Crippen molar-refractivity contribution in [2.24, 2.45) is 25.1 Å². The summed E-state index contributed by atoms with van der Waals surface area (Å²) in [6, 6.07) is 30.3. The number of thiophene rings is 3. The Morgan fingerprint density at radius 2 is 0.954 bits per heavy atom. The molecule has 3 atom stereocenters. The van der Waals surface area contributed by atoms with E-state index in [9.17, 15) is 14.4 Å². The number of halogens is 2. The molecule has 23 nitrogen and oxygen atoms in total. The molecule has 4 aliphatic heterocycles. The lowest BCUT2D eigenvalue weighted by Crippen LogP contribution is -2.45. The fraction of sp³-hybridized carbons (Fsp3) is 0.338. The van der Waals surface area contributed by atoms with E-state index in [0.29, 0.717) is 34.1 Å². The number of piperazine rings is 1. The Balaban J connectivity index is 0.000000151. The first-order valence-electron chi connectivity index (χ1n) is 35.5. The van der Waals surface area contributed by atoms with Gasteiger partial charge in [0.05, 0.1) is 42.7 Å². The van der Waals surface area contributed by atoms with E-state index in [1.165, 1.54) is 37.5 Å². The monoisotopic (exact) mass is 1540 g/mol. The number of ketones is 1. The number of Topliss-reactive ketones (excluding diaryl/α,β-unsaturated/α-hetero) is 1. The van der Waals surface area contributed by atoms with Crippen LogP contribution in [0.5, 0.6) is 0 Å². The number of fused-ring (bicyclic) bond motifs is 9. The van der Waals surface area contributed by atoms with Crippen LogP contribution in [0.1, 0.15) is 173 Å². The molecule has 15 rings (SSSR count). The molecule has 1 saturated heterocycles. The second-order valence-corrected chi connectivity index (χ2v) is 31.7. The summed E-state index contributed by atoms with van der Waals surface area (Å²) in [5.74, 6) is 4.60. The molecule has 3 N–H and O–H groups in total. The molecule has 4 aliphatic rings. The first-order valence-corrected chi connectivity index (χ1v) is 38.7. The Hall–Kier alpha value is -9.93. The minimum Gasteiger partial charge on any atom is -0.356 e. The predicted octanol–water partition coefficient (Wildman–Crippen LogP) is 14.5. The summed E-state index contributed by atoms with van der Waals surface area (Å²) in [7, 11) is 2.17. The maximum absolute atomic E-state index is 13.1. The molecule has 0 bridgehead atoms. The fourth-order valence-corrected chi connectivity index (χ4v) is 17.2. The molecule has 108 heavy (non-hydrogen) atoms. The van der Waals surface area contributed by atoms with Gasteiger partial charge in [-0.2, -0.15) is 5.10 Å².